The molecule has 0 aliphatic heterocycles. The minimum absolute atomic E-state index is 0.0694. The summed E-state index contributed by atoms with van der Waals surface area (Å²) in [6.45, 7) is 0.152. The van der Waals surface area contributed by atoms with Crippen LogP contribution in [0.5, 0.6) is 0 Å². The number of H-pyrrole nitrogens is 1. The van der Waals surface area contributed by atoms with Gasteiger partial charge < -0.3 is 5.73 Å². The third-order valence-electron chi connectivity index (χ3n) is 1.64. The van der Waals surface area contributed by atoms with Gasteiger partial charge in [0.05, 0.1) is 6.20 Å². The lowest BCUT2D eigenvalue weighted by Crippen LogP contribution is -2.24. The van der Waals surface area contributed by atoms with E-state index in [2.05, 4.69) is 10.2 Å². The summed E-state index contributed by atoms with van der Waals surface area (Å²) in [7, 11) is -0.531. The molecule has 0 saturated carbocycles. The van der Waals surface area contributed by atoms with Gasteiger partial charge in [0.25, 0.3) is 10.0 Å². The van der Waals surface area contributed by atoms with Crippen molar-refractivity contribution in [2.75, 3.05) is 14.1 Å². The first kappa shape index (κ1) is 10.2. The number of nitrogens with zero attached hydrogens (tertiary/aromatic N) is 2. The highest BCUT2D eigenvalue weighted by Crippen LogP contribution is 2.13. The molecular weight excluding hydrogens is 192 g/mol. The van der Waals surface area contributed by atoms with Crippen LogP contribution in [-0.4, -0.2) is 37.0 Å². The molecule has 0 fully saturated rings. The number of nitrogens with two attached hydrogens (primary N) is 1. The SMILES string of the molecule is CN(C)S(=O)(=O)c1[nH]ncc1CN. The minimum Gasteiger partial charge on any atom is -0.326 e. The largest absolute Gasteiger partial charge is 0.326 e. The zero-order chi connectivity index (χ0) is 10.1. The van der Waals surface area contributed by atoms with Crippen LogP contribution < -0.4 is 5.73 Å². The Morgan fingerprint density at radius 2 is 2.23 bits per heavy atom. The van der Waals surface area contributed by atoms with Crippen molar-refractivity contribution >= 4 is 10.0 Å². The summed E-state index contributed by atoms with van der Waals surface area (Å²) >= 11 is 0. The third kappa shape index (κ3) is 1.71. The molecule has 6 nitrogen and oxygen atoms in total. The number of nitrogens with one attached hydrogen (secondary N) is 1. The number of hydrogen-bond donors (Lipinski definition) is 2. The molecule has 0 aliphatic carbocycles. The molecule has 0 radical (unpaired) electrons. The monoisotopic (exact) mass is 204 g/mol. The predicted octanol–water partition coefficient (Wildman–Crippen LogP) is -0.881. The van der Waals surface area contributed by atoms with E-state index >= 15 is 0 Å². The fraction of sp³-hybridized carbons (Fsp3) is 0.500. The summed E-state index contributed by atoms with van der Waals surface area (Å²) in [6.07, 6.45) is 1.41. The van der Waals surface area contributed by atoms with Crippen LogP contribution in [0.25, 0.3) is 0 Å². The minimum atomic E-state index is -3.44. The molecule has 1 rings (SSSR count). The molecule has 0 atom stereocenters. The van der Waals surface area contributed by atoms with Gasteiger partial charge in [-0.05, 0) is 0 Å². The van der Waals surface area contributed by atoms with E-state index in [1.54, 1.807) is 0 Å². The number of sulfonamides is 1. The van der Waals surface area contributed by atoms with Crippen molar-refractivity contribution in [3.63, 3.8) is 0 Å². The van der Waals surface area contributed by atoms with Crippen molar-refractivity contribution in [3.05, 3.63) is 11.8 Å². The zero-order valence-electron chi connectivity index (χ0n) is 7.48. The van der Waals surface area contributed by atoms with Crippen LogP contribution in [-0.2, 0) is 16.6 Å². The standard InChI is InChI=1S/C6H12N4O2S/c1-10(2)13(11,12)6-5(3-7)4-8-9-6/h4H,3,7H2,1-2H3,(H,8,9). The first-order chi connectivity index (χ1) is 6.00. The van der Waals surface area contributed by atoms with Crippen LogP contribution in [0.1, 0.15) is 5.56 Å². The van der Waals surface area contributed by atoms with Crippen LogP contribution in [0.4, 0.5) is 0 Å². The molecule has 1 heterocycles. The molecule has 0 unspecified atom stereocenters. The maximum Gasteiger partial charge on any atom is 0.259 e. The van der Waals surface area contributed by atoms with E-state index in [-0.39, 0.29) is 11.6 Å². The lowest BCUT2D eigenvalue weighted by molar-refractivity contribution is 0.515. The summed E-state index contributed by atoms with van der Waals surface area (Å²) < 4.78 is 24.3. The van der Waals surface area contributed by atoms with Crippen LogP contribution >= 0.6 is 0 Å². The maximum atomic E-state index is 11.6. The van der Waals surface area contributed by atoms with Crippen LogP contribution in [0.2, 0.25) is 0 Å². The molecule has 1 aromatic heterocycles. The van der Waals surface area contributed by atoms with Gasteiger partial charge in [-0.15, -0.1) is 0 Å². The molecule has 0 bridgehead atoms. The molecule has 13 heavy (non-hydrogen) atoms. The average Bonchev–Trinajstić information content (AvgIpc) is 2.51. The van der Waals surface area contributed by atoms with Gasteiger partial charge in [-0.25, -0.2) is 12.7 Å². The fourth-order valence-electron chi connectivity index (χ4n) is 0.851. The Kier molecular flexibility index (Phi) is 2.69. The number of aromatic amines is 1. The summed E-state index contributed by atoms with van der Waals surface area (Å²) in [5, 5.41) is 6.12. The summed E-state index contributed by atoms with van der Waals surface area (Å²) in [4.78, 5) is 0. The van der Waals surface area contributed by atoms with Gasteiger partial charge in [-0.3, -0.25) is 5.10 Å². The van der Waals surface area contributed by atoms with E-state index in [1.165, 1.54) is 20.3 Å². The average molecular weight is 204 g/mol. The molecule has 0 aromatic carbocycles. The number of hydrogen-bond acceptors (Lipinski definition) is 4. The lowest BCUT2D eigenvalue weighted by atomic mass is 10.4. The summed E-state index contributed by atoms with van der Waals surface area (Å²) in [5.41, 5.74) is 5.84. The van der Waals surface area contributed by atoms with Crippen LogP contribution in [0.15, 0.2) is 11.2 Å². The van der Waals surface area contributed by atoms with Gasteiger partial charge in [0, 0.05) is 26.2 Å². The second-order valence-electron chi connectivity index (χ2n) is 2.72. The van der Waals surface area contributed by atoms with Crippen molar-refractivity contribution in [2.45, 2.75) is 11.6 Å². The molecule has 0 amide bonds. The maximum absolute atomic E-state index is 11.6. The molecule has 0 aliphatic rings. The van der Waals surface area contributed by atoms with E-state index in [0.29, 0.717) is 5.56 Å². The lowest BCUT2D eigenvalue weighted by Gasteiger charge is -2.09. The fourth-order valence-corrected chi connectivity index (χ4v) is 1.85. The highest BCUT2D eigenvalue weighted by Gasteiger charge is 2.22. The summed E-state index contributed by atoms with van der Waals surface area (Å²) in [6, 6.07) is 0. The van der Waals surface area contributed by atoms with Crippen LogP contribution in [0.3, 0.4) is 0 Å². The van der Waals surface area contributed by atoms with E-state index in [4.69, 9.17) is 5.73 Å². The Hall–Kier alpha value is -0.920. The predicted molar refractivity (Wildman–Crippen MR) is 47.4 cm³/mol. The Bertz CT molecular complexity index is 381. The van der Waals surface area contributed by atoms with Gasteiger partial charge in [0.15, 0.2) is 5.03 Å². The smallest absolute Gasteiger partial charge is 0.259 e. The van der Waals surface area contributed by atoms with E-state index in [0.717, 1.165) is 4.31 Å². The number of aromatic nitrogens is 2. The van der Waals surface area contributed by atoms with Crippen LogP contribution in [0, 0.1) is 0 Å². The van der Waals surface area contributed by atoms with Gasteiger partial charge in [-0.1, -0.05) is 0 Å². The first-order valence-corrected chi connectivity index (χ1v) is 5.09. The third-order valence-corrected chi connectivity index (χ3v) is 3.47. The van der Waals surface area contributed by atoms with E-state index in [9.17, 15) is 8.42 Å². The first-order valence-electron chi connectivity index (χ1n) is 3.65. The highest BCUT2D eigenvalue weighted by atomic mass is 32.2. The van der Waals surface area contributed by atoms with Crippen molar-refractivity contribution in [2.24, 2.45) is 5.73 Å². The van der Waals surface area contributed by atoms with Gasteiger partial charge in [0.2, 0.25) is 0 Å². The van der Waals surface area contributed by atoms with Gasteiger partial charge >= 0.3 is 0 Å². The molecule has 1 aromatic rings. The van der Waals surface area contributed by atoms with E-state index in [1.807, 2.05) is 0 Å². The molecular formula is C6H12N4O2S. The highest BCUT2D eigenvalue weighted by molar-refractivity contribution is 7.89. The van der Waals surface area contributed by atoms with Gasteiger partial charge in [0.1, 0.15) is 0 Å². The van der Waals surface area contributed by atoms with E-state index < -0.39 is 10.0 Å². The zero-order valence-corrected chi connectivity index (χ0v) is 8.30. The molecule has 3 N–H and O–H groups in total. The van der Waals surface area contributed by atoms with Crippen molar-refractivity contribution < 1.29 is 8.42 Å². The van der Waals surface area contributed by atoms with Crippen molar-refractivity contribution in [1.82, 2.24) is 14.5 Å². The Morgan fingerprint density at radius 3 is 2.69 bits per heavy atom. The Labute approximate surface area is 76.8 Å². The van der Waals surface area contributed by atoms with Crippen molar-refractivity contribution in [3.8, 4) is 0 Å². The second-order valence-corrected chi connectivity index (χ2v) is 4.80. The summed E-state index contributed by atoms with van der Waals surface area (Å²) in [5.74, 6) is 0. The van der Waals surface area contributed by atoms with Crippen molar-refractivity contribution in [1.29, 1.82) is 0 Å². The normalized spacial score (nSPS) is 12.3. The topological polar surface area (TPSA) is 92.1 Å². The molecule has 74 valence electrons. The Balaban J connectivity index is 3.22. The quantitative estimate of drug-likeness (QED) is 0.668. The molecule has 0 spiro atoms. The Morgan fingerprint density at radius 1 is 1.62 bits per heavy atom. The second kappa shape index (κ2) is 3.44. The van der Waals surface area contributed by atoms with Gasteiger partial charge in [-0.2, -0.15) is 5.10 Å². The number of rotatable bonds is 3. The molecule has 7 heteroatoms. The molecule has 0 saturated heterocycles.